The molecular weight excluding hydrogens is 361 g/mol. The zero-order valence-corrected chi connectivity index (χ0v) is 15.0. The van der Waals surface area contributed by atoms with Gasteiger partial charge in [-0.15, -0.1) is 22.7 Å². The highest BCUT2D eigenvalue weighted by Gasteiger charge is 2.17. The number of thiazole rings is 1. The SMILES string of the molecule is O=C(Nc1nc(C[NH+]2CCOCC2)cs1)c1cc2c(F)cccc2s1. The van der Waals surface area contributed by atoms with Crippen molar-refractivity contribution in [1.82, 2.24) is 4.98 Å². The van der Waals surface area contributed by atoms with Crippen LogP contribution >= 0.6 is 22.7 Å². The van der Waals surface area contributed by atoms with Crippen molar-refractivity contribution < 1.29 is 18.8 Å². The van der Waals surface area contributed by atoms with Gasteiger partial charge in [0, 0.05) is 15.5 Å². The van der Waals surface area contributed by atoms with Crippen molar-refractivity contribution in [2.24, 2.45) is 0 Å². The number of carbonyl (C=O) groups excluding carboxylic acids is 1. The highest BCUT2D eigenvalue weighted by molar-refractivity contribution is 7.21. The van der Waals surface area contributed by atoms with E-state index in [0.717, 1.165) is 43.2 Å². The van der Waals surface area contributed by atoms with Crippen molar-refractivity contribution in [3.05, 3.63) is 46.0 Å². The summed E-state index contributed by atoms with van der Waals surface area (Å²) in [5.41, 5.74) is 0.972. The number of halogens is 1. The Labute approximate surface area is 152 Å². The van der Waals surface area contributed by atoms with E-state index in [1.807, 2.05) is 11.4 Å². The molecule has 0 unspecified atom stereocenters. The molecule has 0 saturated carbocycles. The first kappa shape index (κ1) is 16.6. The quantitative estimate of drug-likeness (QED) is 0.732. The Morgan fingerprint density at radius 2 is 2.20 bits per heavy atom. The van der Waals surface area contributed by atoms with Gasteiger partial charge in [-0.05, 0) is 18.2 Å². The van der Waals surface area contributed by atoms with Crippen LogP contribution in [-0.2, 0) is 11.3 Å². The first-order valence-corrected chi connectivity index (χ1v) is 9.74. The number of nitrogens with zero attached hydrogens (tertiary/aromatic N) is 1. The Morgan fingerprint density at radius 1 is 1.36 bits per heavy atom. The van der Waals surface area contributed by atoms with Crippen LogP contribution in [0.2, 0.25) is 0 Å². The second-order valence-electron chi connectivity index (χ2n) is 5.90. The fourth-order valence-corrected chi connectivity index (χ4v) is 4.51. The van der Waals surface area contributed by atoms with E-state index >= 15 is 0 Å². The number of benzene rings is 1. The largest absolute Gasteiger partial charge is 0.370 e. The molecule has 1 aromatic carbocycles. The van der Waals surface area contributed by atoms with E-state index in [4.69, 9.17) is 4.74 Å². The van der Waals surface area contributed by atoms with Crippen LogP contribution in [0.15, 0.2) is 29.6 Å². The van der Waals surface area contributed by atoms with Gasteiger partial charge in [-0.1, -0.05) is 6.07 Å². The Hall–Kier alpha value is -1.87. The molecule has 0 aliphatic carbocycles. The monoisotopic (exact) mass is 378 g/mol. The molecule has 1 aliphatic rings. The van der Waals surface area contributed by atoms with E-state index in [0.29, 0.717) is 15.4 Å². The Balaban J connectivity index is 1.44. The standard InChI is InChI=1S/C17H16FN3O2S2/c18-13-2-1-3-14-12(13)8-15(25-14)16(22)20-17-19-11(10-24-17)9-21-4-6-23-7-5-21/h1-3,8,10H,4-7,9H2,(H,19,20,22)/p+1. The number of hydrogen-bond donors (Lipinski definition) is 2. The molecule has 5 nitrogen and oxygen atoms in total. The maximum absolute atomic E-state index is 13.8. The zero-order valence-electron chi connectivity index (χ0n) is 13.4. The molecule has 1 saturated heterocycles. The molecule has 2 N–H and O–H groups in total. The van der Waals surface area contributed by atoms with Gasteiger partial charge in [0.15, 0.2) is 5.13 Å². The summed E-state index contributed by atoms with van der Waals surface area (Å²) < 4.78 is 19.9. The zero-order chi connectivity index (χ0) is 17.2. The maximum atomic E-state index is 13.8. The lowest BCUT2D eigenvalue weighted by atomic mass is 10.2. The van der Waals surface area contributed by atoms with Crippen LogP contribution in [0.3, 0.4) is 0 Å². The van der Waals surface area contributed by atoms with Crippen LogP contribution in [0, 0.1) is 5.82 Å². The van der Waals surface area contributed by atoms with Crippen molar-refractivity contribution in [3.63, 3.8) is 0 Å². The first-order chi connectivity index (χ1) is 12.2. The molecular formula is C17H17FN3O2S2+. The predicted molar refractivity (Wildman–Crippen MR) is 97.1 cm³/mol. The number of fused-ring (bicyclic) bond motifs is 1. The van der Waals surface area contributed by atoms with Crippen molar-refractivity contribution in [3.8, 4) is 0 Å². The third kappa shape index (κ3) is 3.72. The lowest BCUT2D eigenvalue weighted by Crippen LogP contribution is -3.12. The second-order valence-corrected chi connectivity index (χ2v) is 7.84. The number of rotatable bonds is 4. The van der Waals surface area contributed by atoms with Crippen LogP contribution in [0.4, 0.5) is 9.52 Å². The normalized spacial score (nSPS) is 15.6. The summed E-state index contributed by atoms with van der Waals surface area (Å²) in [6.45, 7) is 4.36. The van der Waals surface area contributed by atoms with Gasteiger partial charge in [0.1, 0.15) is 31.1 Å². The molecule has 0 radical (unpaired) electrons. The van der Waals surface area contributed by atoms with E-state index in [9.17, 15) is 9.18 Å². The van der Waals surface area contributed by atoms with Crippen LogP contribution in [0.25, 0.3) is 10.1 Å². The topological polar surface area (TPSA) is 55.7 Å². The van der Waals surface area contributed by atoms with Gasteiger partial charge in [-0.3, -0.25) is 10.1 Å². The number of nitrogens with one attached hydrogen (secondary N) is 2. The van der Waals surface area contributed by atoms with E-state index < -0.39 is 0 Å². The number of thiophene rings is 1. The van der Waals surface area contributed by atoms with Gasteiger partial charge in [0.25, 0.3) is 5.91 Å². The number of morpholine rings is 1. The van der Waals surface area contributed by atoms with Gasteiger partial charge < -0.3 is 9.64 Å². The number of aromatic nitrogens is 1. The highest BCUT2D eigenvalue weighted by Crippen LogP contribution is 2.28. The van der Waals surface area contributed by atoms with Gasteiger partial charge in [-0.25, -0.2) is 9.37 Å². The van der Waals surface area contributed by atoms with E-state index in [-0.39, 0.29) is 11.7 Å². The molecule has 3 heterocycles. The van der Waals surface area contributed by atoms with E-state index in [1.165, 1.54) is 33.6 Å². The Bertz CT molecular complexity index is 902. The molecule has 0 bridgehead atoms. The fraction of sp³-hybridized carbons (Fsp3) is 0.294. The number of quaternary nitrogens is 1. The summed E-state index contributed by atoms with van der Waals surface area (Å²) in [6.07, 6.45) is 0. The highest BCUT2D eigenvalue weighted by atomic mass is 32.1. The molecule has 3 aromatic rings. The summed E-state index contributed by atoms with van der Waals surface area (Å²) in [5.74, 6) is -0.557. The molecule has 0 spiro atoms. The van der Waals surface area contributed by atoms with Crippen LogP contribution in [0.1, 0.15) is 15.4 Å². The lowest BCUT2D eigenvalue weighted by molar-refractivity contribution is -0.921. The number of amides is 1. The summed E-state index contributed by atoms with van der Waals surface area (Å²) in [7, 11) is 0. The first-order valence-electron chi connectivity index (χ1n) is 8.04. The van der Waals surface area contributed by atoms with E-state index in [2.05, 4.69) is 10.3 Å². The van der Waals surface area contributed by atoms with Gasteiger partial charge in [0.2, 0.25) is 0 Å². The van der Waals surface area contributed by atoms with Crippen molar-refractivity contribution in [2.45, 2.75) is 6.54 Å². The Morgan fingerprint density at radius 3 is 3.00 bits per heavy atom. The average molecular weight is 378 g/mol. The third-order valence-electron chi connectivity index (χ3n) is 4.14. The summed E-state index contributed by atoms with van der Waals surface area (Å²) >= 11 is 2.69. The number of anilines is 1. The number of hydrogen-bond acceptors (Lipinski definition) is 5. The Kier molecular flexibility index (Phi) is 4.76. The molecule has 25 heavy (non-hydrogen) atoms. The fourth-order valence-electron chi connectivity index (χ4n) is 2.83. The van der Waals surface area contributed by atoms with Crippen molar-refractivity contribution in [1.29, 1.82) is 0 Å². The molecule has 8 heteroatoms. The summed E-state index contributed by atoms with van der Waals surface area (Å²) in [6, 6.07) is 6.46. The van der Waals surface area contributed by atoms with Crippen LogP contribution in [0.5, 0.6) is 0 Å². The number of ether oxygens (including phenoxy) is 1. The molecule has 130 valence electrons. The van der Waals surface area contributed by atoms with Crippen molar-refractivity contribution in [2.75, 3.05) is 31.6 Å². The predicted octanol–water partition coefficient (Wildman–Crippen LogP) is 2.16. The minimum Gasteiger partial charge on any atom is -0.370 e. The van der Waals surface area contributed by atoms with Crippen molar-refractivity contribution >= 4 is 43.8 Å². The van der Waals surface area contributed by atoms with Gasteiger partial charge in [0.05, 0.1) is 18.1 Å². The molecule has 1 amide bonds. The van der Waals surface area contributed by atoms with Gasteiger partial charge in [-0.2, -0.15) is 0 Å². The average Bonchev–Trinajstić information content (AvgIpc) is 3.23. The lowest BCUT2D eigenvalue weighted by Gasteiger charge is -2.22. The minimum atomic E-state index is -0.308. The second kappa shape index (κ2) is 7.17. The smallest absolute Gasteiger partial charge is 0.267 e. The third-order valence-corrected chi connectivity index (χ3v) is 6.04. The van der Waals surface area contributed by atoms with E-state index in [1.54, 1.807) is 12.1 Å². The minimum absolute atomic E-state index is 0.250. The molecule has 4 rings (SSSR count). The van der Waals surface area contributed by atoms with Gasteiger partial charge >= 0.3 is 0 Å². The maximum Gasteiger partial charge on any atom is 0.267 e. The summed E-state index contributed by atoms with van der Waals surface area (Å²) in [4.78, 5) is 18.8. The molecule has 2 aromatic heterocycles. The number of carbonyl (C=O) groups is 1. The van der Waals surface area contributed by atoms with Crippen LogP contribution in [-0.4, -0.2) is 37.2 Å². The summed E-state index contributed by atoms with van der Waals surface area (Å²) in [5, 5.41) is 5.85. The molecule has 1 fully saturated rings. The van der Waals surface area contributed by atoms with Crippen LogP contribution < -0.4 is 10.2 Å². The molecule has 0 atom stereocenters. The molecule has 1 aliphatic heterocycles.